The molecule has 126 valence electrons. The summed E-state index contributed by atoms with van der Waals surface area (Å²) in [5.41, 5.74) is 2.19. The van der Waals surface area contributed by atoms with Crippen LogP contribution in [-0.2, 0) is 22.5 Å². The Balaban J connectivity index is 1.64. The molecule has 0 unspecified atom stereocenters. The van der Waals surface area contributed by atoms with Gasteiger partial charge in [0.05, 0.1) is 12.1 Å². The number of carbonyl (C=O) groups is 1. The maximum atomic E-state index is 12.5. The van der Waals surface area contributed by atoms with Crippen LogP contribution in [0.5, 0.6) is 0 Å². The second kappa shape index (κ2) is 7.97. The number of ether oxygens (including phenoxy) is 2. The maximum absolute atomic E-state index is 12.5. The van der Waals surface area contributed by atoms with E-state index < -0.39 is 0 Å². The topological polar surface area (TPSA) is 38.8 Å². The predicted octanol–water partition coefficient (Wildman–Crippen LogP) is 3.66. The molecule has 0 spiro atoms. The van der Waals surface area contributed by atoms with Crippen molar-refractivity contribution in [2.24, 2.45) is 0 Å². The van der Waals surface area contributed by atoms with E-state index in [1.165, 1.54) is 5.56 Å². The highest BCUT2D eigenvalue weighted by Gasteiger charge is 2.38. The zero-order chi connectivity index (χ0) is 16.8. The van der Waals surface area contributed by atoms with Crippen molar-refractivity contribution in [3.63, 3.8) is 0 Å². The van der Waals surface area contributed by atoms with Crippen LogP contribution in [0.2, 0.25) is 0 Å². The van der Waals surface area contributed by atoms with Gasteiger partial charge < -0.3 is 14.4 Å². The van der Waals surface area contributed by atoms with Gasteiger partial charge in [-0.25, -0.2) is 4.79 Å². The first kappa shape index (κ1) is 16.5. The molecular weight excluding hydrogens is 302 g/mol. The first-order valence-electron chi connectivity index (χ1n) is 8.32. The van der Waals surface area contributed by atoms with E-state index in [4.69, 9.17) is 9.47 Å². The van der Waals surface area contributed by atoms with Crippen LogP contribution in [0.3, 0.4) is 0 Å². The molecule has 1 saturated heterocycles. The summed E-state index contributed by atoms with van der Waals surface area (Å²) in [6.45, 7) is 0.968. The maximum Gasteiger partial charge on any atom is 0.410 e. The van der Waals surface area contributed by atoms with Crippen molar-refractivity contribution in [2.45, 2.75) is 31.6 Å². The van der Waals surface area contributed by atoms with Gasteiger partial charge in [-0.2, -0.15) is 0 Å². The molecule has 4 heteroatoms. The number of nitrogens with zero attached hydrogens (tertiary/aromatic N) is 1. The minimum atomic E-state index is -0.265. The molecule has 0 bridgehead atoms. The average Bonchev–Trinajstić information content (AvgIpc) is 3.04. The molecule has 24 heavy (non-hydrogen) atoms. The molecule has 3 rings (SSSR count). The van der Waals surface area contributed by atoms with E-state index >= 15 is 0 Å². The van der Waals surface area contributed by atoms with Gasteiger partial charge in [-0.1, -0.05) is 60.7 Å². The summed E-state index contributed by atoms with van der Waals surface area (Å²) in [6, 6.07) is 20.0. The van der Waals surface area contributed by atoms with Crippen molar-refractivity contribution >= 4 is 6.09 Å². The summed E-state index contributed by atoms with van der Waals surface area (Å²) < 4.78 is 11.1. The van der Waals surface area contributed by atoms with Crippen LogP contribution in [0.4, 0.5) is 4.79 Å². The lowest BCUT2D eigenvalue weighted by Crippen LogP contribution is -2.41. The average molecular weight is 325 g/mol. The van der Waals surface area contributed by atoms with E-state index in [-0.39, 0.29) is 18.2 Å². The zero-order valence-electron chi connectivity index (χ0n) is 13.9. The number of benzene rings is 2. The number of hydrogen-bond acceptors (Lipinski definition) is 3. The highest BCUT2D eigenvalue weighted by molar-refractivity contribution is 5.68. The van der Waals surface area contributed by atoms with Crippen LogP contribution in [-0.4, -0.2) is 36.8 Å². The van der Waals surface area contributed by atoms with Crippen LogP contribution < -0.4 is 0 Å². The van der Waals surface area contributed by atoms with E-state index in [2.05, 4.69) is 12.1 Å². The minimum Gasteiger partial charge on any atom is -0.445 e. The Morgan fingerprint density at radius 3 is 2.29 bits per heavy atom. The third-order valence-corrected chi connectivity index (χ3v) is 4.51. The molecule has 0 aromatic heterocycles. The number of carbonyl (C=O) groups excluding carboxylic acids is 1. The fourth-order valence-corrected chi connectivity index (χ4v) is 3.23. The Bertz CT molecular complexity index is 644. The Morgan fingerprint density at radius 1 is 1.04 bits per heavy atom. The van der Waals surface area contributed by atoms with Gasteiger partial charge >= 0.3 is 6.09 Å². The molecular formula is C20H23NO3. The third kappa shape index (κ3) is 3.95. The molecule has 1 fully saturated rings. The number of methoxy groups -OCH3 is 1. The van der Waals surface area contributed by atoms with Gasteiger partial charge in [-0.15, -0.1) is 0 Å². The quantitative estimate of drug-likeness (QED) is 0.842. The van der Waals surface area contributed by atoms with Gasteiger partial charge in [0, 0.05) is 13.7 Å². The molecule has 0 saturated carbocycles. The molecule has 2 aromatic carbocycles. The smallest absolute Gasteiger partial charge is 0.410 e. The van der Waals surface area contributed by atoms with Crippen molar-refractivity contribution < 1.29 is 14.3 Å². The Labute approximate surface area is 143 Å². The summed E-state index contributed by atoms with van der Waals surface area (Å²) in [5, 5.41) is 0. The number of rotatable bonds is 5. The van der Waals surface area contributed by atoms with Crippen molar-refractivity contribution in [1.29, 1.82) is 0 Å². The first-order chi connectivity index (χ1) is 11.8. The van der Waals surface area contributed by atoms with Crippen LogP contribution in [0.1, 0.15) is 17.5 Å². The van der Waals surface area contributed by atoms with Crippen molar-refractivity contribution in [3.05, 3.63) is 71.8 Å². The fraction of sp³-hybridized carbons (Fsp3) is 0.350. The first-order valence-corrected chi connectivity index (χ1v) is 8.32. The number of amides is 1. The second-order valence-corrected chi connectivity index (χ2v) is 6.05. The van der Waals surface area contributed by atoms with Gasteiger partial charge in [0.25, 0.3) is 0 Å². The third-order valence-electron chi connectivity index (χ3n) is 4.51. The van der Waals surface area contributed by atoms with Crippen molar-refractivity contribution in [2.75, 3.05) is 13.7 Å². The molecule has 1 aliphatic heterocycles. The van der Waals surface area contributed by atoms with Crippen molar-refractivity contribution in [1.82, 2.24) is 4.90 Å². The van der Waals surface area contributed by atoms with Gasteiger partial charge in [0.2, 0.25) is 0 Å². The van der Waals surface area contributed by atoms with E-state index in [1.807, 2.05) is 53.4 Å². The second-order valence-electron chi connectivity index (χ2n) is 6.05. The van der Waals surface area contributed by atoms with E-state index in [9.17, 15) is 4.79 Å². The zero-order valence-corrected chi connectivity index (χ0v) is 13.9. The van der Waals surface area contributed by atoms with Crippen molar-refractivity contribution in [3.8, 4) is 0 Å². The lowest BCUT2D eigenvalue weighted by molar-refractivity contribution is 0.0508. The van der Waals surface area contributed by atoms with Crippen LogP contribution in [0.25, 0.3) is 0 Å². The predicted molar refractivity (Wildman–Crippen MR) is 92.7 cm³/mol. The summed E-state index contributed by atoms with van der Waals surface area (Å²) >= 11 is 0. The van der Waals surface area contributed by atoms with Gasteiger partial charge in [-0.3, -0.25) is 0 Å². The van der Waals surface area contributed by atoms with Gasteiger partial charge in [0.1, 0.15) is 6.61 Å². The summed E-state index contributed by atoms with van der Waals surface area (Å²) in [5.74, 6) is 0. The lowest BCUT2D eigenvalue weighted by Gasteiger charge is -2.27. The molecule has 1 heterocycles. The lowest BCUT2D eigenvalue weighted by atomic mass is 10.0. The Hall–Kier alpha value is -2.33. The molecule has 2 atom stereocenters. The number of hydrogen-bond donors (Lipinski definition) is 0. The largest absolute Gasteiger partial charge is 0.445 e. The Morgan fingerprint density at radius 2 is 1.67 bits per heavy atom. The number of likely N-dealkylation sites (tertiary alicyclic amines) is 1. The minimum absolute atomic E-state index is 0.0145. The van der Waals surface area contributed by atoms with Crippen LogP contribution in [0, 0.1) is 0 Å². The highest BCUT2D eigenvalue weighted by atomic mass is 16.6. The van der Waals surface area contributed by atoms with E-state index in [0.29, 0.717) is 13.2 Å². The van der Waals surface area contributed by atoms with Crippen LogP contribution in [0.15, 0.2) is 60.7 Å². The fourth-order valence-electron chi connectivity index (χ4n) is 3.23. The highest BCUT2D eigenvalue weighted by Crippen LogP contribution is 2.25. The van der Waals surface area contributed by atoms with E-state index in [1.54, 1.807) is 7.11 Å². The van der Waals surface area contributed by atoms with Crippen LogP contribution >= 0.6 is 0 Å². The molecule has 0 radical (unpaired) electrons. The molecule has 2 aromatic rings. The standard InChI is InChI=1S/C20H23NO3/c1-23-19-12-13-21(18(19)14-16-8-4-2-5-9-16)20(22)24-15-17-10-6-3-7-11-17/h2-11,18-19H,12-15H2,1H3/t18-,19+/m1/s1. The summed E-state index contributed by atoms with van der Waals surface area (Å²) in [4.78, 5) is 14.3. The molecule has 1 aliphatic rings. The monoisotopic (exact) mass is 325 g/mol. The Kier molecular flexibility index (Phi) is 5.49. The van der Waals surface area contributed by atoms with Gasteiger partial charge in [-0.05, 0) is 24.0 Å². The molecule has 0 aliphatic carbocycles. The SMILES string of the molecule is CO[C@H]1CCN(C(=O)OCc2ccccc2)[C@@H]1Cc1ccccc1. The summed E-state index contributed by atoms with van der Waals surface area (Å²) in [6.07, 6.45) is 1.41. The molecule has 1 amide bonds. The van der Waals surface area contributed by atoms with E-state index in [0.717, 1.165) is 18.4 Å². The normalized spacial score (nSPS) is 20.1. The summed E-state index contributed by atoms with van der Waals surface area (Å²) in [7, 11) is 1.71. The molecule has 4 nitrogen and oxygen atoms in total. The molecule has 0 N–H and O–H groups in total. The van der Waals surface area contributed by atoms with Gasteiger partial charge in [0.15, 0.2) is 0 Å².